The van der Waals surface area contributed by atoms with Gasteiger partial charge in [-0.25, -0.2) is 4.98 Å². The first-order chi connectivity index (χ1) is 7.79. The summed E-state index contributed by atoms with van der Waals surface area (Å²) in [5, 5.41) is 0.897. The number of hydrogen-bond donors (Lipinski definition) is 0. The molecule has 0 N–H and O–H groups in total. The average molecular weight is 299 g/mol. The minimum absolute atomic E-state index is 0.632. The molecular formula is C11H11BrN2OS. The zero-order valence-corrected chi connectivity index (χ0v) is 11.2. The van der Waals surface area contributed by atoms with E-state index in [1.807, 2.05) is 24.3 Å². The van der Waals surface area contributed by atoms with Crippen molar-refractivity contribution in [3.05, 3.63) is 29.0 Å². The van der Waals surface area contributed by atoms with Crippen LogP contribution in [0.1, 0.15) is 13.3 Å². The second kappa shape index (κ2) is 5.41. The van der Waals surface area contributed by atoms with Gasteiger partial charge < -0.3 is 4.74 Å². The van der Waals surface area contributed by atoms with E-state index < -0.39 is 0 Å². The summed E-state index contributed by atoms with van der Waals surface area (Å²) in [5.74, 6) is 0.880. The molecular weight excluding hydrogens is 288 g/mol. The molecule has 3 nitrogen and oxygen atoms in total. The molecule has 84 valence electrons. The third kappa shape index (κ3) is 2.80. The zero-order chi connectivity index (χ0) is 11.4. The molecule has 0 spiro atoms. The molecule has 2 rings (SSSR count). The Morgan fingerprint density at radius 3 is 3.00 bits per heavy atom. The van der Waals surface area contributed by atoms with Crippen molar-refractivity contribution >= 4 is 27.5 Å². The fourth-order valence-electron chi connectivity index (χ4n) is 1.26. The van der Waals surface area contributed by atoms with Gasteiger partial charge in [0.25, 0.3) is 0 Å². The number of aromatic nitrogens is 2. The standard InChI is InChI=1S/C11H11BrN2OS/c1-2-6-15-9-5-3-4-8(7-9)10-13-11(12)14-16-10/h3-5,7H,2,6H2,1H3. The highest BCUT2D eigenvalue weighted by Gasteiger charge is 2.05. The molecule has 0 unspecified atom stereocenters. The summed E-state index contributed by atoms with van der Waals surface area (Å²) in [5.41, 5.74) is 1.04. The monoisotopic (exact) mass is 298 g/mol. The van der Waals surface area contributed by atoms with Crippen molar-refractivity contribution in [1.29, 1.82) is 0 Å². The lowest BCUT2D eigenvalue weighted by molar-refractivity contribution is 0.317. The topological polar surface area (TPSA) is 35.0 Å². The van der Waals surface area contributed by atoms with E-state index in [1.54, 1.807) is 0 Å². The van der Waals surface area contributed by atoms with Crippen molar-refractivity contribution in [1.82, 2.24) is 9.36 Å². The minimum atomic E-state index is 0.632. The fourth-order valence-corrected chi connectivity index (χ4v) is 2.34. The van der Waals surface area contributed by atoms with Gasteiger partial charge in [-0.05, 0) is 46.0 Å². The van der Waals surface area contributed by atoms with Gasteiger partial charge >= 0.3 is 0 Å². The maximum atomic E-state index is 5.57. The van der Waals surface area contributed by atoms with E-state index in [-0.39, 0.29) is 0 Å². The number of halogens is 1. The van der Waals surface area contributed by atoms with Gasteiger partial charge in [-0.2, -0.15) is 4.37 Å². The Morgan fingerprint density at radius 2 is 2.31 bits per heavy atom. The predicted octanol–water partition coefficient (Wildman–Crippen LogP) is 3.76. The molecule has 2 aromatic rings. The van der Waals surface area contributed by atoms with Crippen LogP contribution in [0.2, 0.25) is 0 Å². The number of rotatable bonds is 4. The van der Waals surface area contributed by atoms with Gasteiger partial charge in [-0.15, -0.1) is 0 Å². The largest absolute Gasteiger partial charge is 0.494 e. The molecule has 5 heteroatoms. The average Bonchev–Trinajstić information content (AvgIpc) is 2.74. The molecule has 0 aliphatic carbocycles. The van der Waals surface area contributed by atoms with E-state index in [1.165, 1.54) is 11.5 Å². The van der Waals surface area contributed by atoms with Crippen LogP contribution in [0.4, 0.5) is 0 Å². The second-order valence-corrected chi connectivity index (χ2v) is 4.71. The van der Waals surface area contributed by atoms with Gasteiger partial charge in [0.15, 0.2) is 0 Å². The first kappa shape index (κ1) is 11.5. The van der Waals surface area contributed by atoms with Crippen molar-refractivity contribution < 1.29 is 4.74 Å². The molecule has 1 aromatic carbocycles. The number of hydrogen-bond acceptors (Lipinski definition) is 4. The minimum Gasteiger partial charge on any atom is -0.494 e. The van der Waals surface area contributed by atoms with Crippen LogP contribution in [0.5, 0.6) is 5.75 Å². The number of nitrogens with zero attached hydrogens (tertiary/aromatic N) is 2. The SMILES string of the molecule is CCCOc1cccc(-c2nc(Br)ns2)c1. The van der Waals surface area contributed by atoms with Gasteiger partial charge in [0.05, 0.1) is 6.61 Å². The summed E-state index contributed by atoms with van der Waals surface area (Å²) in [7, 11) is 0. The summed E-state index contributed by atoms with van der Waals surface area (Å²) in [6, 6.07) is 7.92. The molecule has 0 fully saturated rings. The highest BCUT2D eigenvalue weighted by Crippen LogP contribution is 2.26. The Bertz CT molecular complexity index is 473. The van der Waals surface area contributed by atoms with Crippen LogP contribution in [0.3, 0.4) is 0 Å². The van der Waals surface area contributed by atoms with Crippen LogP contribution in [-0.2, 0) is 0 Å². The molecule has 1 heterocycles. The normalized spacial score (nSPS) is 10.4. The Labute approximate surface area is 107 Å². The summed E-state index contributed by atoms with van der Waals surface area (Å²) >= 11 is 4.62. The van der Waals surface area contributed by atoms with Crippen LogP contribution in [0.15, 0.2) is 29.0 Å². The van der Waals surface area contributed by atoms with Crippen LogP contribution in [0.25, 0.3) is 10.6 Å². The van der Waals surface area contributed by atoms with Crippen molar-refractivity contribution in [2.45, 2.75) is 13.3 Å². The molecule has 0 aliphatic heterocycles. The number of ether oxygens (including phenoxy) is 1. The molecule has 16 heavy (non-hydrogen) atoms. The highest BCUT2D eigenvalue weighted by atomic mass is 79.9. The Hall–Kier alpha value is -0.940. The molecule has 0 saturated carbocycles. The Balaban J connectivity index is 2.22. The van der Waals surface area contributed by atoms with Crippen LogP contribution < -0.4 is 4.74 Å². The fraction of sp³-hybridized carbons (Fsp3) is 0.273. The smallest absolute Gasteiger partial charge is 0.209 e. The van der Waals surface area contributed by atoms with Gasteiger partial charge in [0, 0.05) is 5.56 Å². The zero-order valence-electron chi connectivity index (χ0n) is 8.81. The van der Waals surface area contributed by atoms with Gasteiger partial charge in [0.2, 0.25) is 4.73 Å². The van der Waals surface area contributed by atoms with Crippen molar-refractivity contribution in [3.63, 3.8) is 0 Å². The van der Waals surface area contributed by atoms with E-state index in [0.29, 0.717) is 4.73 Å². The van der Waals surface area contributed by atoms with Crippen LogP contribution in [-0.4, -0.2) is 16.0 Å². The quantitative estimate of drug-likeness (QED) is 0.862. The summed E-state index contributed by atoms with van der Waals surface area (Å²) in [4.78, 5) is 4.27. The van der Waals surface area contributed by atoms with Crippen molar-refractivity contribution in [3.8, 4) is 16.3 Å². The van der Waals surface area contributed by atoms with Gasteiger partial charge in [-0.3, -0.25) is 0 Å². The molecule has 0 amide bonds. The van der Waals surface area contributed by atoms with Crippen LogP contribution >= 0.6 is 27.5 Å². The highest BCUT2D eigenvalue weighted by molar-refractivity contribution is 9.10. The summed E-state index contributed by atoms with van der Waals surface area (Å²) in [6.45, 7) is 2.83. The van der Waals surface area contributed by atoms with Gasteiger partial charge in [0.1, 0.15) is 10.8 Å². The van der Waals surface area contributed by atoms with Gasteiger partial charge in [-0.1, -0.05) is 19.1 Å². The van der Waals surface area contributed by atoms with E-state index in [0.717, 1.165) is 29.3 Å². The first-order valence-electron chi connectivity index (χ1n) is 5.02. The molecule has 1 aromatic heterocycles. The predicted molar refractivity (Wildman–Crippen MR) is 68.8 cm³/mol. The Kier molecular flexibility index (Phi) is 3.90. The second-order valence-electron chi connectivity index (χ2n) is 3.24. The maximum absolute atomic E-state index is 5.57. The molecule has 0 radical (unpaired) electrons. The summed E-state index contributed by atoms with van der Waals surface area (Å²) in [6.07, 6.45) is 1.01. The molecule has 0 aliphatic rings. The van der Waals surface area contributed by atoms with E-state index in [2.05, 4.69) is 32.2 Å². The molecule has 0 bridgehead atoms. The lowest BCUT2D eigenvalue weighted by Gasteiger charge is -2.04. The lowest BCUT2D eigenvalue weighted by atomic mass is 10.2. The van der Waals surface area contributed by atoms with E-state index in [9.17, 15) is 0 Å². The number of benzene rings is 1. The van der Waals surface area contributed by atoms with Crippen LogP contribution in [0, 0.1) is 0 Å². The van der Waals surface area contributed by atoms with E-state index >= 15 is 0 Å². The maximum Gasteiger partial charge on any atom is 0.209 e. The first-order valence-corrected chi connectivity index (χ1v) is 6.58. The van der Waals surface area contributed by atoms with Crippen molar-refractivity contribution in [2.24, 2.45) is 0 Å². The third-order valence-electron chi connectivity index (χ3n) is 1.96. The third-order valence-corrected chi connectivity index (χ3v) is 3.31. The summed E-state index contributed by atoms with van der Waals surface area (Å²) < 4.78 is 10.3. The molecule has 0 atom stereocenters. The van der Waals surface area contributed by atoms with Crippen molar-refractivity contribution in [2.75, 3.05) is 6.61 Å². The lowest BCUT2D eigenvalue weighted by Crippen LogP contribution is -1.94. The van der Waals surface area contributed by atoms with E-state index in [4.69, 9.17) is 4.74 Å². The Morgan fingerprint density at radius 1 is 1.44 bits per heavy atom. The molecule has 0 saturated heterocycles.